The molecule has 0 radical (unpaired) electrons. The first kappa shape index (κ1) is 13.9. The number of hydrogen-bond acceptors (Lipinski definition) is 3. The fraction of sp³-hybridized carbons (Fsp3) is 0.714. The molecule has 106 valence electrons. The molecule has 5 heteroatoms. The van der Waals surface area contributed by atoms with Crippen LogP contribution in [0.3, 0.4) is 0 Å². The van der Waals surface area contributed by atoms with E-state index in [1.165, 1.54) is 0 Å². The van der Waals surface area contributed by atoms with Crippen molar-refractivity contribution < 1.29 is 4.79 Å². The maximum atomic E-state index is 12.4. The van der Waals surface area contributed by atoms with Crippen LogP contribution in [0.2, 0.25) is 0 Å². The third-order valence-electron chi connectivity index (χ3n) is 4.14. The molecular formula is C14H24N4O. The Hall–Kier alpha value is -1.52. The van der Waals surface area contributed by atoms with Gasteiger partial charge in [-0.25, -0.2) is 0 Å². The first-order chi connectivity index (χ1) is 8.84. The van der Waals surface area contributed by atoms with Gasteiger partial charge >= 0.3 is 0 Å². The van der Waals surface area contributed by atoms with E-state index in [2.05, 4.69) is 31.0 Å². The Bertz CT molecular complexity index is 472. The van der Waals surface area contributed by atoms with Gasteiger partial charge < -0.3 is 10.6 Å². The number of nitrogens with one attached hydrogen (secondary N) is 1. The quantitative estimate of drug-likeness (QED) is 0.858. The lowest BCUT2D eigenvalue weighted by atomic mass is 9.80. The number of aromatic nitrogens is 2. The van der Waals surface area contributed by atoms with Crippen LogP contribution in [0.25, 0.3) is 0 Å². The second-order valence-electron chi connectivity index (χ2n) is 6.42. The molecule has 0 saturated carbocycles. The number of amides is 1. The van der Waals surface area contributed by atoms with E-state index >= 15 is 0 Å². The molecule has 0 bridgehead atoms. The minimum Gasteiger partial charge on any atom is -0.395 e. The summed E-state index contributed by atoms with van der Waals surface area (Å²) in [5.74, 6) is 0.502. The lowest BCUT2D eigenvalue weighted by Gasteiger charge is -2.26. The Morgan fingerprint density at radius 2 is 2.21 bits per heavy atom. The van der Waals surface area contributed by atoms with Crippen molar-refractivity contribution in [3.05, 3.63) is 11.4 Å². The van der Waals surface area contributed by atoms with Gasteiger partial charge in [-0.15, -0.1) is 0 Å². The van der Waals surface area contributed by atoms with Crippen LogP contribution >= 0.6 is 0 Å². The van der Waals surface area contributed by atoms with Crippen molar-refractivity contribution in [2.75, 3.05) is 18.8 Å². The summed E-state index contributed by atoms with van der Waals surface area (Å²) in [5.41, 5.74) is 7.93. The van der Waals surface area contributed by atoms with Gasteiger partial charge in [-0.2, -0.15) is 5.10 Å². The predicted octanol–water partition coefficient (Wildman–Crippen LogP) is 2.06. The molecule has 1 fully saturated rings. The number of anilines is 1. The maximum absolute atomic E-state index is 12.4. The number of H-pyrrole nitrogens is 1. The molecule has 1 aliphatic rings. The molecule has 1 saturated heterocycles. The summed E-state index contributed by atoms with van der Waals surface area (Å²) >= 11 is 0. The highest BCUT2D eigenvalue weighted by atomic mass is 16.2. The Morgan fingerprint density at radius 3 is 2.68 bits per heavy atom. The molecule has 1 unspecified atom stereocenters. The molecule has 1 aromatic rings. The van der Waals surface area contributed by atoms with Crippen molar-refractivity contribution in [2.45, 2.75) is 40.5 Å². The zero-order chi connectivity index (χ0) is 14.2. The van der Waals surface area contributed by atoms with Gasteiger partial charge in [0.25, 0.3) is 5.91 Å². The van der Waals surface area contributed by atoms with E-state index < -0.39 is 0 Å². The van der Waals surface area contributed by atoms with Crippen LogP contribution in [0, 0.1) is 11.3 Å². The van der Waals surface area contributed by atoms with E-state index in [1.54, 1.807) is 0 Å². The second-order valence-corrected chi connectivity index (χ2v) is 6.42. The highest BCUT2D eigenvalue weighted by Crippen LogP contribution is 2.34. The van der Waals surface area contributed by atoms with Crippen molar-refractivity contribution in [3.8, 4) is 0 Å². The number of carbonyl (C=O) groups is 1. The minimum atomic E-state index is -0.0415. The standard InChI is InChI=1S/C14H24N4O/c1-5-10-11(15)12(17-16-10)13(19)18-7-6-9(8-18)14(2,3)4/h9H,5-8,15H2,1-4H3,(H,16,17). The Labute approximate surface area is 114 Å². The second kappa shape index (κ2) is 4.87. The largest absolute Gasteiger partial charge is 0.395 e. The molecule has 0 aromatic carbocycles. The smallest absolute Gasteiger partial charge is 0.276 e. The number of carbonyl (C=O) groups excluding carboxylic acids is 1. The zero-order valence-electron chi connectivity index (χ0n) is 12.3. The van der Waals surface area contributed by atoms with Gasteiger partial charge in [0.2, 0.25) is 0 Å². The molecule has 0 spiro atoms. The SMILES string of the molecule is CCc1[nH]nc(C(=O)N2CCC(C(C)(C)C)C2)c1N. The number of aryl methyl sites for hydroxylation is 1. The molecule has 19 heavy (non-hydrogen) atoms. The monoisotopic (exact) mass is 264 g/mol. The van der Waals surface area contributed by atoms with Gasteiger partial charge in [0, 0.05) is 13.1 Å². The summed E-state index contributed by atoms with van der Waals surface area (Å²) < 4.78 is 0. The van der Waals surface area contributed by atoms with E-state index in [-0.39, 0.29) is 11.3 Å². The summed E-state index contributed by atoms with van der Waals surface area (Å²) in [6.07, 6.45) is 1.82. The first-order valence-corrected chi connectivity index (χ1v) is 6.96. The van der Waals surface area contributed by atoms with Crippen LogP contribution in [-0.2, 0) is 6.42 Å². The Morgan fingerprint density at radius 1 is 1.53 bits per heavy atom. The van der Waals surface area contributed by atoms with Gasteiger partial charge in [-0.05, 0) is 24.2 Å². The molecule has 2 heterocycles. The van der Waals surface area contributed by atoms with Crippen LogP contribution in [0.15, 0.2) is 0 Å². The highest BCUT2D eigenvalue weighted by Gasteiger charge is 2.35. The first-order valence-electron chi connectivity index (χ1n) is 6.96. The van der Waals surface area contributed by atoms with Crippen molar-refractivity contribution >= 4 is 11.6 Å². The van der Waals surface area contributed by atoms with Crippen LogP contribution in [0.1, 0.15) is 50.3 Å². The minimum absolute atomic E-state index is 0.0415. The van der Waals surface area contributed by atoms with Crippen LogP contribution in [0.4, 0.5) is 5.69 Å². The number of nitrogens with two attached hydrogens (primary N) is 1. The van der Waals surface area contributed by atoms with Crippen molar-refractivity contribution in [1.82, 2.24) is 15.1 Å². The van der Waals surface area contributed by atoms with Gasteiger partial charge in [-0.1, -0.05) is 27.7 Å². The molecular weight excluding hydrogens is 240 g/mol. The van der Waals surface area contributed by atoms with Crippen LogP contribution in [-0.4, -0.2) is 34.1 Å². The summed E-state index contributed by atoms with van der Waals surface area (Å²) in [7, 11) is 0. The fourth-order valence-electron chi connectivity index (χ4n) is 2.62. The van der Waals surface area contributed by atoms with E-state index in [9.17, 15) is 4.79 Å². The van der Waals surface area contributed by atoms with E-state index in [0.717, 1.165) is 31.6 Å². The third-order valence-corrected chi connectivity index (χ3v) is 4.14. The van der Waals surface area contributed by atoms with Gasteiger partial charge in [0.1, 0.15) is 0 Å². The van der Waals surface area contributed by atoms with Gasteiger partial charge in [0.05, 0.1) is 11.4 Å². The lowest BCUT2D eigenvalue weighted by Crippen LogP contribution is -2.31. The zero-order valence-corrected chi connectivity index (χ0v) is 12.3. The van der Waals surface area contributed by atoms with Gasteiger partial charge in [0.15, 0.2) is 5.69 Å². The molecule has 1 aromatic heterocycles. The third kappa shape index (κ3) is 2.60. The Kier molecular flexibility index (Phi) is 3.56. The lowest BCUT2D eigenvalue weighted by molar-refractivity contribution is 0.0772. The number of nitrogens with zero attached hydrogens (tertiary/aromatic N) is 2. The van der Waals surface area contributed by atoms with Crippen molar-refractivity contribution in [1.29, 1.82) is 0 Å². The van der Waals surface area contributed by atoms with Crippen molar-refractivity contribution in [2.24, 2.45) is 11.3 Å². The van der Waals surface area contributed by atoms with Gasteiger partial charge in [-0.3, -0.25) is 9.89 Å². The molecule has 1 amide bonds. The van der Waals surface area contributed by atoms with E-state index in [4.69, 9.17) is 5.73 Å². The summed E-state index contributed by atoms with van der Waals surface area (Å²) in [6.45, 7) is 10.3. The average Bonchev–Trinajstić information content (AvgIpc) is 2.93. The summed E-state index contributed by atoms with van der Waals surface area (Å²) in [4.78, 5) is 14.3. The normalized spacial score (nSPS) is 20.0. The van der Waals surface area contributed by atoms with E-state index in [0.29, 0.717) is 17.3 Å². The molecule has 0 aliphatic carbocycles. The topological polar surface area (TPSA) is 75.0 Å². The summed E-state index contributed by atoms with van der Waals surface area (Å²) in [6, 6.07) is 0. The number of aromatic amines is 1. The van der Waals surface area contributed by atoms with Crippen molar-refractivity contribution in [3.63, 3.8) is 0 Å². The number of rotatable bonds is 2. The molecule has 1 aliphatic heterocycles. The molecule has 3 N–H and O–H groups in total. The highest BCUT2D eigenvalue weighted by molar-refractivity contribution is 5.97. The van der Waals surface area contributed by atoms with E-state index in [1.807, 2.05) is 11.8 Å². The molecule has 1 atom stereocenters. The van der Waals surface area contributed by atoms with Crippen LogP contribution < -0.4 is 5.73 Å². The molecule has 2 rings (SSSR count). The average molecular weight is 264 g/mol. The summed E-state index contributed by atoms with van der Waals surface area (Å²) in [5, 5.41) is 6.92. The number of nitrogen functional groups attached to an aromatic ring is 1. The fourth-order valence-corrected chi connectivity index (χ4v) is 2.62. The number of hydrogen-bond donors (Lipinski definition) is 2. The number of likely N-dealkylation sites (tertiary alicyclic amines) is 1. The maximum Gasteiger partial charge on any atom is 0.276 e. The molecule has 5 nitrogen and oxygen atoms in total. The predicted molar refractivity (Wildman–Crippen MR) is 75.8 cm³/mol. The van der Waals surface area contributed by atoms with Crippen LogP contribution in [0.5, 0.6) is 0 Å². The Balaban J connectivity index is 2.11.